The van der Waals surface area contributed by atoms with Crippen molar-refractivity contribution in [2.24, 2.45) is 0 Å². The summed E-state index contributed by atoms with van der Waals surface area (Å²) in [5.74, 6) is 0. The van der Waals surface area contributed by atoms with E-state index in [2.05, 4.69) is 4.72 Å². The number of ether oxygens (including phenoxy) is 1. The van der Waals surface area contributed by atoms with Crippen LogP contribution in [0.3, 0.4) is 0 Å². The van der Waals surface area contributed by atoms with E-state index in [9.17, 15) is 8.42 Å². The van der Waals surface area contributed by atoms with E-state index in [1.807, 2.05) is 6.92 Å². The van der Waals surface area contributed by atoms with Crippen molar-refractivity contribution in [3.63, 3.8) is 0 Å². The number of hydrogen-bond donors (Lipinski definition) is 2. The van der Waals surface area contributed by atoms with E-state index < -0.39 is 10.0 Å². The number of anilines is 1. The molecule has 1 aromatic rings. The van der Waals surface area contributed by atoms with E-state index >= 15 is 0 Å². The lowest BCUT2D eigenvalue weighted by Crippen LogP contribution is -2.38. The fourth-order valence-electron chi connectivity index (χ4n) is 2.03. The predicted octanol–water partition coefficient (Wildman–Crippen LogP) is 1.03. The number of nitrogen functional groups attached to an aromatic ring is 1. The first-order valence-electron chi connectivity index (χ1n) is 5.94. The molecule has 0 spiro atoms. The van der Waals surface area contributed by atoms with E-state index in [0.717, 1.165) is 5.56 Å². The molecule has 1 aliphatic rings. The minimum Gasteiger partial charge on any atom is -0.399 e. The van der Waals surface area contributed by atoms with Gasteiger partial charge >= 0.3 is 0 Å². The van der Waals surface area contributed by atoms with Crippen LogP contribution in [0.2, 0.25) is 0 Å². The van der Waals surface area contributed by atoms with Crippen LogP contribution < -0.4 is 10.5 Å². The van der Waals surface area contributed by atoms with E-state index in [0.29, 0.717) is 31.7 Å². The number of rotatable bonds is 3. The zero-order valence-corrected chi connectivity index (χ0v) is 11.2. The maximum absolute atomic E-state index is 12.2. The van der Waals surface area contributed by atoms with Crippen LogP contribution in [-0.2, 0) is 14.8 Å². The van der Waals surface area contributed by atoms with Gasteiger partial charge in [0.25, 0.3) is 0 Å². The van der Waals surface area contributed by atoms with Gasteiger partial charge in [-0.25, -0.2) is 13.1 Å². The highest BCUT2D eigenvalue weighted by Gasteiger charge is 2.22. The van der Waals surface area contributed by atoms with Crippen molar-refractivity contribution in [1.82, 2.24) is 4.72 Å². The van der Waals surface area contributed by atoms with Crippen molar-refractivity contribution >= 4 is 15.7 Å². The van der Waals surface area contributed by atoms with E-state index in [4.69, 9.17) is 10.5 Å². The van der Waals surface area contributed by atoms with Crippen LogP contribution in [0.4, 0.5) is 5.69 Å². The molecule has 100 valence electrons. The van der Waals surface area contributed by atoms with Crippen LogP contribution in [0.5, 0.6) is 0 Å². The molecule has 5 nitrogen and oxygen atoms in total. The Balaban J connectivity index is 2.19. The van der Waals surface area contributed by atoms with Gasteiger partial charge in [0, 0.05) is 24.9 Å². The zero-order valence-electron chi connectivity index (χ0n) is 10.3. The second kappa shape index (κ2) is 5.26. The van der Waals surface area contributed by atoms with Gasteiger partial charge in [0.2, 0.25) is 10.0 Å². The summed E-state index contributed by atoms with van der Waals surface area (Å²) >= 11 is 0. The van der Waals surface area contributed by atoms with Gasteiger partial charge in [-0.2, -0.15) is 0 Å². The minimum absolute atomic E-state index is 0.0505. The number of benzene rings is 1. The fraction of sp³-hybridized carbons (Fsp3) is 0.500. The molecule has 1 aliphatic heterocycles. The van der Waals surface area contributed by atoms with Gasteiger partial charge in [0.1, 0.15) is 0 Å². The Labute approximate surface area is 107 Å². The van der Waals surface area contributed by atoms with E-state index in [-0.39, 0.29) is 10.9 Å². The van der Waals surface area contributed by atoms with Crippen LogP contribution >= 0.6 is 0 Å². The van der Waals surface area contributed by atoms with Crippen molar-refractivity contribution in [2.45, 2.75) is 30.7 Å². The molecule has 0 saturated carbocycles. The minimum atomic E-state index is -3.49. The molecule has 0 unspecified atom stereocenters. The summed E-state index contributed by atoms with van der Waals surface area (Å²) in [4.78, 5) is 0.228. The van der Waals surface area contributed by atoms with Crippen molar-refractivity contribution in [3.05, 3.63) is 23.8 Å². The average Bonchev–Trinajstić information content (AvgIpc) is 2.28. The maximum Gasteiger partial charge on any atom is 0.240 e. The Morgan fingerprint density at radius 3 is 2.56 bits per heavy atom. The van der Waals surface area contributed by atoms with E-state index in [1.54, 1.807) is 12.1 Å². The SMILES string of the molecule is Cc1cc(N)cc(S(=O)(=O)NC2CCOCC2)c1. The van der Waals surface area contributed by atoms with Crippen LogP contribution in [-0.4, -0.2) is 27.7 Å². The highest BCUT2D eigenvalue weighted by atomic mass is 32.2. The summed E-state index contributed by atoms with van der Waals surface area (Å²) in [5, 5.41) is 0. The van der Waals surface area contributed by atoms with Gasteiger partial charge < -0.3 is 10.5 Å². The van der Waals surface area contributed by atoms with Gasteiger partial charge in [0.05, 0.1) is 4.90 Å². The van der Waals surface area contributed by atoms with Crippen LogP contribution in [0.15, 0.2) is 23.1 Å². The Hall–Kier alpha value is -1.11. The number of sulfonamides is 1. The first-order valence-corrected chi connectivity index (χ1v) is 7.43. The summed E-state index contributed by atoms with van der Waals surface area (Å²) in [6.45, 7) is 3.02. The molecule has 6 heteroatoms. The molecule has 0 atom stereocenters. The molecular weight excluding hydrogens is 252 g/mol. The molecule has 0 radical (unpaired) electrons. The lowest BCUT2D eigenvalue weighted by atomic mass is 10.1. The molecule has 1 aromatic carbocycles. The summed E-state index contributed by atoms with van der Waals surface area (Å²) in [6, 6.07) is 4.80. The van der Waals surface area contributed by atoms with Crippen molar-refractivity contribution in [2.75, 3.05) is 18.9 Å². The topological polar surface area (TPSA) is 81.4 Å². The van der Waals surface area contributed by atoms with Gasteiger partial charge in [-0.05, 0) is 43.5 Å². The monoisotopic (exact) mass is 270 g/mol. The maximum atomic E-state index is 12.2. The highest BCUT2D eigenvalue weighted by molar-refractivity contribution is 7.89. The summed E-state index contributed by atoms with van der Waals surface area (Å²) in [5.41, 5.74) is 6.97. The molecule has 0 bridgehead atoms. The Bertz CT molecular complexity index is 502. The first-order chi connectivity index (χ1) is 8.47. The van der Waals surface area contributed by atoms with Gasteiger partial charge in [-0.3, -0.25) is 0 Å². The number of nitrogens with two attached hydrogens (primary N) is 1. The molecule has 3 N–H and O–H groups in total. The lowest BCUT2D eigenvalue weighted by Gasteiger charge is -2.23. The number of hydrogen-bond acceptors (Lipinski definition) is 4. The highest BCUT2D eigenvalue weighted by Crippen LogP contribution is 2.18. The zero-order chi connectivity index (χ0) is 13.2. The molecule has 1 heterocycles. The Morgan fingerprint density at radius 1 is 1.28 bits per heavy atom. The predicted molar refractivity (Wildman–Crippen MR) is 69.8 cm³/mol. The quantitative estimate of drug-likeness (QED) is 0.804. The second-order valence-electron chi connectivity index (χ2n) is 4.59. The third kappa shape index (κ3) is 3.22. The third-order valence-corrected chi connectivity index (χ3v) is 4.43. The van der Waals surface area contributed by atoms with Crippen LogP contribution in [0, 0.1) is 6.92 Å². The average molecular weight is 270 g/mol. The second-order valence-corrected chi connectivity index (χ2v) is 6.30. The Morgan fingerprint density at radius 2 is 1.94 bits per heavy atom. The molecule has 0 aliphatic carbocycles. The van der Waals surface area contributed by atoms with Crippen molar-refractivity contribution in [1.29, 1.82) is 0 Å². The molecular formula is C12H18N2O3S. The summed E-state index contributed by atoms with van der Waals surface area (Å²) < 4.78 is 32.3. The number of nitrogens with one attached hydrogen (secondary N) is 1. The van der Waals surface area contributed by atoms with Gasteiger partial charge in [-0.15, -0.1) is 0 Å². The van der Waals surface area contributed by atoms with E-state index in [1.165, 1.54) is 6.07 Å². The summed E-state index contributed by atoms with van der Waals surface area (Å²) in [6.07, 6.45) is 1.42. The Kier molecular flexibility index (Phi) is 3.89. The molecule has 1 fully saturated rings. The number of aryl methyl sites for hydroxylation is 1. The first kappa shape index (κ1) is 13.3. The molecule has 0 aromatic heterocycles. The molecule has 0 amide bonds. The normalized spacial score (nSPS) is 17.8. The fourth-order valence-corrected chi connectivity index (χ4v) is 3.48. The molecule has 2 rings (SSSR count). The standard InChI is InChI=1S/C12H18N2O3S/c1-9-6-10(13)8-12(7-9)18(15,16)14-11-2-4-17-5-3-11/h6-8,11,14H,2-5,13H2,1H3. The van der Waals surface area contributed by atoms with Gasteiger partial charge in [-0.1, -0.05) is 0 Å². The van der Waals surface area contributed by atoms with Crippen LogP contribution in [0.1, 0.15) is 18.4 Å². The molecule has 1 saturated heterocycles. The molecule has 18 heavy (non-hydrogen) atoms. The lowest BCUT2D eigenvalue weighted by molar-refractivity contribution is 0.0832. The summed E-state index contributed by atoms with van der Waals surface area (Å²) in [7, 11) is -3.49. The van der Waals surface area contributed by atoms with Crippen molar-refractivity contribution < 1.29 is 13.2 Å². The third-order valence-electron chi connectivity index (χ3n) is 2.93. The van der Waals surface area contributed by atoms with Crippen LogP contribution in [0.25, 0.3) is 0 Å². The smallest absolute Gasteiger partial charge is 0.240 e. The van der Waals surface area contributed by atoms with Crippen molar-refractivity contribution in [3.8, 4) is 0 Å². The largest absolute Gasteiger partial charge is 0.399 e. The van der Waals surface area contributed by atoms with Gasteiger partial charge in [0.15, 0.2) is 0 Å².